The fourth-order valence-corrected chi connectivity index (χ4v) is 2.92. The number of methoxy groups -OCH3 is 3. The molecule has 2 N–H and O–H groups in total. The van der Waals surface area contributed by atoms with Crippen LogP contribution in [0.1, 0.15) is 5.56 Å². The molecule has 0 atom stereocenters. The van der Waals surface area contributed by atoms with Gasteiger partial charge in [0.05, 0.1) is 32.4 Å². The van der Waals surface area contributed by atoms with Crippen molar-refractivity contribution in [3.8, 4) is 17.2 Å². The minimum Gasteiger partial charge on any atom is -0.496 e. The fraction of sp³-hybridized carbons (Fsp3) is 0.211. The van der Waals surface area contributed by atoms with Gasteiger partial charge in [0.1, 0.15) is 5.75 Å². The molecule has 130 valence electrons. The van der Waals surface area contributed by atoms with E-state index >= 15 is 0 Å². The number of nitrogens with one attached hydrogen (secondary N) is 2. The second-order valence-corrected chi connectivity index (χ2v) is 5.89. The lowest BCUT2D eigenvalue weighted by molar-refractivity contribution is -0.344. The van der Waals surface area contributed by atoms with Crippen molar-refractivity contribution in [3.05, 3.63) is 53.2 Å². The quantitative estimate of drug-likeness (QED) is 0.724. The molecule has 3 rings (SSSR count). The van der Waals surface area contributed by atoms with E-state index < -0.39 is 0 Å². The molecule has 0 spiro atoms. The number of halogens is 1. The highest BCUT2D eigenvalue weighted by Crippen LogP contribution is 2.35. The molecule has 0 aliphatic rings. The van der Waals surface area contributed by atoms with Crippen LogP contribution in [-0.2, 0) is 6.54 Å². The Kier molecular flexibility index (Phi) is 5.14. The van der Waals surface area contributed by atoms with Crippen molar-refractivity contribution in [1.82, 2.24) is 0 Å². The Hall–Kier alpha value is -2.66. The van der Waals surface area contributed by atoms with Crippen molar-refractivity contribution in [1.29, 1.82) is 0 Å². The number of ether oxygens (including phenoxy) is 3. The van der Waals surface area contributed by atoms with Crippen molar-refractivity contribution in [2.75, 3.05) is 26.6 Å². The van der Waals surface area contributed by atoms with Crippen LogP contribution in [0.15, 0.2) is 42.6 Å². The Balaban J connectivity index is 1.91. The topological polar surface area (TPSA) is 53.9 Å². The summed E-state index contributed by atoms with van der Waals surface area (Å²) in [5.74, 6) is 2.04. The van der Waals surface area contributed by atoms with Gasteiger partial charge in [0.2, 0.25) is 5.52 Å². The number of hydrogen-bond donors (Lipinski definition) is 1. The zero-order valence-electron chi connectivity index (χ0n) is 14.4. The van der Waals surface area contributed by atoms with E-state index in [2.05, 4.69) is 10.3 Å². The molecule has 0 saturated carbocycles. The lowest BCUT2D eigenvalue weighted by atomic mass is 10.1. The number of hydrogen-bond acceptors (Lipinski definition) is 4. The smallest absolute Gasteiger partial charge is 0.214 e. The standard InChI is InChI=1S/C19H19ClN2O3/c1-23-17-10-19(25-3)18(24-2)8-12(17)11-22-15-6-7-21-16-9-13(20)4-5-14(15)16/h4-10H,11H2,1-3H3,(H,21,22)/p+1. The van der Waals surface area contributed by atoms with E-state index in [1.165, 1.54) is 0 Å². The van der Waals surface area contributed by atoms with Gasteiger partial charge >= 0.3 is 0 Å². The maximum Gasteiger partial charge on any atom is 0.214 e. The Bertz CT molecular complexity index is 899. The summed E-state index contributed by atoms with van der Waals surface area (Å²) in [5.41, 5.74) is 2.94. The van der Waals surface area contributed by atoms with Gasteiger partial charge in [-0.1, -0.05) is 11.6 Å². The van der Waals surface area contributed by atoms with E-state index in [9.17, 15) is 0 Å². The van der Waals surface area contributed by atoms with Gasteiger partial charge in [-0.05, 0) is 18.2 Å². The lowest BCUT2D eigenvalue weighted by Crippen LogP contribution is -2.07. The van der Waals surface area contributed by atoms with Crippen LogP contribution in [0.25, 0.3) is 10.9 Å². The van der Waals surface area contributed by atoms with Crippen LogP contribution in [0, 0.1) is 0 Å². The van der Waals surface area contributed by atoms with Crippen molar-refractivity contribution >= 4 is 28.2 Å². The minimum absolute atomic E-state index is 0.575. The number of pyridine rings is 1. The van der Waals surface area contributed by atoms with E-state index in [1.54, 1.807) is 21.3 Å². The first-order chi connectivity index (χ1) is 12.2. The largest absolute Gasteiger partial charge is 0.496 e. The fourth-order valence-electron chi connectivity index (χ4n) is 2.75. The average molecular weight is 360 g/mol. The third-order valence-corrected chi connectivity index (χ3v) is 4.25. The Morgan fingerprint density at radius 1 is 0.920 bits per heavy atom. The molecule has 1 aromatic heterocycles. The zero-order chi connectivity index (χ0) is 17.8. The van der Waals surface area contributed by atoms with Crippen LogP contribution < -0.4 is 24.5 Å². The third kappa shape index (κ3) is 3.56. The van der Waals surface area contributed by atoms with Gasteiger partial charge in [-0.3, -0.25) is 0 Å². The second-order valence-electron chi connectivity index (χ2n) is 5.45. The second kappa shape index (κ2) is 7.49. The third-order valence-electron chi connectivity index (χ3n) is 4.02. The first-order valence-electron chi connectivity index (χ1n) is 7.79. The molecule has 0 bridgehead atoms. The number of benzene rings is 2. The maximum atomic E-state index is 6.06. The Morgan fingerprint density at radius 3 is 2.36 bits per heavy atom. The number of H-pyrrole nitrogens is 1. The van der Waals surface area contributed by atoms with Gasteiger partial charge in [0.25, 0.3) is 0 Å². The predicted molar refractivity (Wildman–Crippen MR) is 98.9 cm³/mol. The lowest BCUT2D eigenvalue weighted by Gasteiger charge is -2.15. The molecule has 0 radical (unpaired) electrons. The first kappa shape index (κ1) is 17.2. The van der Waals surface area contributed by atoms with Crippen molar-refractivity contribution in [3.63, 3.8) is 0 Å². The molecule has 6 heteroatoms. The number of fused-ring (bicyclic) bond motifs is 1. The summed E-state index contributed by atoms with van der Waals surface area (Å²) < 4.78 is 16.2. The molecular formula is C19H20ClN2O3+. The highest BCUT2D eigenvalue weighted by molar-refractivity contribution is 6.31. The first-order valence-corrected chi connectivity index (χ1v) is 8.16. The number of rotatable bonds is 6. The summed E-state index contributed by atoms with van der Waals surface area (Å²) in [7, 11) is 4.86. The van der Waals surface area contributed by atoms with E-state index in [1.807, 2.05) is 42.6 Å². The van der Waals surface area contributed by atoms with E-state index in [4.69, 9.17) is 25.8 Å². The highest BCUT2D eigenvalue weighted by atomic mass is 35.5. The summed E-state index contributed by atoms with van der Waals surface area (Å²) in [6.45, 7) is 0.575. The Morgan fingerprint density at radius 2 is 1.64 bits per heavy atom. The summed E-state index contributed by atoms with van der Waals surface area (Å²) in [5, 5.41) is 5.21. The average Bonchev–Trinajstić information content (AvgIpc) is 2.65. The van der Waals surface area contributed by atoms with E-state index in [0.29, 0.717) is 23.1 Å². The highest BCUT2D eigenvalue weighted by Gasteiger charge is 2.13. The molecule has 0 saturated heterocycles. The monoisotopic (exact) mass is 359 g/mol. The summed E-state index contributed by atoms with van der Waals surface area (Å²) in [4.78, 5) is 3.20. The van der Waals surface area contributed by atoms with Gasteiger partial charge < -0.3 is 19.5 Å². The van der Waals surface area contributed by atoms with Gasteiger partial charge in [-0.15, -0.1) is 0 Å². The van der Waals surface area contributed by atoms with Crippen molar-refractivity contribution in [2.24, 2.45) is 0 Å². The molecule has 0 aliphatic heterocycles. The van der Waals surface area contributed by atoms with Crippen LogP contribution in [0.2, 0.25) is 5.02 Å². The molecule has 0 amide bonds. The molecule has 0 aliphatic carbocycles. The normalized spacial score (nSPS) is 10.6. The SMILES string of the molecule is COc1cc(OC)c(OC)cc1CNc1cc[nH+]c2cc(Cl)ccc12. The Labute approximate surface area is 151 Å². The van der Waals surface area contributed by atoms with Crippen LogP contribution in [0.4, 0.5) is 5.69 Å². The van der Waals surface area contributed by atoms with Crippen LogP contribution in [0.3, 0.4) is 0 Å². The van der Waals surface area contributed by atoms with E-state index in [-0.39, 0.29) is 0 Å². The molecule has 0 unspecified atom stereocenters. The summed E-state index contributed by atoms with van der Waals surface area (Å²) in [6.07, 6.45) is 1.88. The van der Waals surface area contributed by atoms with E-state index in [0.717, 1.165) is 27.9 Å². The maximum absolute atomic E-state index is 6.06. The van der Waals surface area contributed by atoms with Crippen molar-refractivity contribution in [2.45, 2.75) is 6.54 Å². The molecule has 5 nitrogen and oxygen atoms in total. The van der Waals surface area contributed by atoms with Crippen molar-refractivity contribution < 1.29 is 19.2 Å². The number of aromatic nitrogens is 1. The van der Waals surface area contributed by atoms with Crippen LogP contribution in [-0.4, -0.2) is 21.3 Å². The van der Waals surface area contributed by atoms with Crippen LogP contribution in [0.5, 0.6) is 17.2 Å². The van der Waals surface area contributed by atoms with Gasteiger partial charge in [0.15, 0.2) is 17.7 Å². The molecular weight excluding hydrogens is 340 g/mol. The molecule has 2 aromatic carbocycles. The molecule has 0 fully saturated rings. The number of aromatic amines is 1. The van der Waals surface area contributed by atoms with Gasteiger partial charge in [0, 0.05) is 35.3 Å². The molecule has 3 aromatic rings. The predicted octanol–water partition coefficient (Wildman–Crippen LogP) is 3.95. The van der Waals surface area contributed by atoms with Gasteiger partial charge in [-0.2, -0.15) is 0 Å². The number of anilines is 1. The summed E-state index contributed by atoms with van der Waals surface area (Å²) in [6, 6.07) is 11.5. The van der Waals surface area contributed by atoms with Crippen LogP contribution >= 0.6 is 11.6 Å². The summed E-state index contributed by atoms with van der Waals surface area (Å²) >= 11 is 6.06. The van der Waals surface area contributed by atoms with Gasteiger partial charge in [-0.25, -0.2) is 4.98 Å². The molecule has 1 heterocycles. The molecule has 25 heavy (non-hydrogen) atoms. The zero-order valence-corrected chi connectivity index (χ0v) is 15.1. The minimum atomic E-state index is 0.575.